The Bertz CT molecular complexity index is 626. The first kappa shape index (κ1) is 11.4. The number of rotatable bonds is 4. The van der Waals surface area contributed by atoms with Crippen molar-refractivity contribution in [1.82, 2.24) is 9.97 Å². The molecule has 0 saturated heterocycles. The zero-order valence-electron chi connectivity index (χ0n) is 9.80. The number of hydrogen-bond donors (Lipinski definition) is 2. The largest absolute Gasteiger partial charge is 0.365 e. The summed E-state index contributed by atoms with van der Waals surface area (Å²) in [7, 11) is 1.88. The summed E-state index contributed by atoms with van der Waals surface area (Å²) >= 11 is 3.28. The fourth-order valence-electron chi connectivity index (χ4n) is 1.62. The van der Waals surface area contributed by atoms with Crippen molar-refractivity contribution in [1.29, 1.82) is 0 Å². The van der Waals surface area contributed by atoms with Gasteiger partial charge in [0.25, 0.3) is 0 Å². The van der Waals surface area contributed by atoms with Gasteiger partial charge in [-0.3, -0.25) is 0 Å². The Morgan fingerprint density at radius 3 is 2.83 bits per heavy atom. The van der Waals surface area contributed by atoms with Crippen molar-refractivity contribution in [3.63, 3.8) is 0 Å². The molecule has 6 heteroatoms. The van der Waals surface area contributed by atoms with Crippen LogP contribution in [0, 0.1) is 0 Å². The maximum atomic E-state index is 4.52. The van der Waals surface area contributed by atoms with Crippen LogP contribution >= 0.6 is 22.7 Å². The van der Waals surface area contributed by atoms with Gasteiger partial charge in [-0.05, 0) is 12.1 Å². The SMILES string of the molecule is CNc1nc(CNc2nc3ccccc3s2)cs1. The average molecular weight is 276 g/mol. The first-order valence-corrected chi connectivity index (χ1v) is 7.26. The third-order valence-corrected chi connectivity index (χ3v) is 4.38. The maximum Gasteiger partial charge on any atom is 0.184 e. The second-order valence-corrected chi connectivity index (χ2v) is 5.62. The van der Waals surface area contributed by atoms with Crippen molar-refractivity contribution in [2.45, 2.75) is 6.54 Å². The molecule has 92 valence electrons. The number of anilines is 2. The van der Waals surface area contributed by atoms with Gasteiger partial charge in [-0.2, -0.15) is 0 Å². The average Bonchev–Trinajstić information content (AvgIpc) is 3.02. The number of hydrogen-bond acceptors (Lipinski definition) is 6. The summed E-state index contributed by atoms with van der Waals surface area (Å²) in [5, 5.41) is 10.3. The standard InChI is InChI=1S/C12H12N4S2/c1-13-11-15-8(7-17-11)6-14-12-16-9-4-2-3-5-10(9)18-12/h2-5,7H,6H2,1H3,(H,13,15)(H,14,16). The minimum Gasteiger partial charge on any atom is -0.365 e. The zero-order chi connectivity index (χ0) is 12.4. The fourth-order valence-corrected chi connectivity index (χ4v) is 3.15. The molecule has 18 heavy (non-hydrogen) atoms. The number of benzene rings is 1. The van der Waals surface area contributed by atoms with Crippen LogP contribution in [0.5, 0.6) is 0 Å². The molecule has 0 bridgehead atoms. The molecule has 0 amide bonds. The van der Waals surface area contributed by atoms with Gasteiger partial charge < -0.3 is 10.6 Å². The number of nitrogens with zero attached hydrogens (tertiary/aromatic N) is 2. The van der Waals surface area contributed by atoms with E-state index >= 15 is 0 Å². The third-order valence-electron chi connectivity index (χ3n) is 2.48. The Balaban J connectivity index is 1.72. The van der Waals surface area contributed by atoms with Gasteiger partial charge in [0.1, 0.15) is 0 Å². The molecule has 0 saturated carbocycles. The third kappa shape index (κ3) is 2.30. The molecule has 4 nitrogen and oxygen atoms in total. The number of nitrogens with one attached hydrogen (secondary N) is 2. The number of para-hydroxylation sites is 1. The Hall–Kier alpha value is -1.66. The molecule has 2 aromatic heterocycles. The normalized spacial score (nSPS) is 10.7. The van der Waals surface area contributed by atoms with E-state index in [-0.39, 0.29) is 0 Å². The van der Waals surface area contributed by atoms with Crippen LogP contribution in [0.4, 0.5) is 10.3 Å². The Morgan fingerprint density at radius 1 is 1.17 bits per heavy atom. The lowest BCUT2D eigenvalue weighted by Gasteiger charge is -1.97. The molecular weight excluding hydrogens is 264 g/mol. The predicted molar refractivity (Wildman–Crippen MR) is 78.6 cm³/mol. The highest BCUT2D eigenvalue weighted by molar-refractivity contribution is 7.22. The molecule has 0 unspecified atom stereocenters. The Labute approximate surface area is 113 Å². The summed E-state index contributed by atoms with van der Waals surface area (Å²) in [6, 6.07) is 8.15. The van der Waals surface area contributed by atoms with Crippen molar-refractivity contribution in [3.8, 4) is 0 Å². The highest BCUT2D eigenvalue weighted by atomic mass is 32.1. The highest BCUT2D eigenvalue weighted by Crippen LogP contribution is 2.26. The van der Waals surface area contributed by atoms with E-state index in [1.54, 1.807) is 22.7 Å². The molecule has 1 aromatic carbocycles. The summed E-state index contributed by atoms with van der Waals surface area (Å²) in [4.78, 5) is 8.94. The van der Waals surface area contributed by atoms with Crippen LogP contribution in [-0.4, -0.2) is 17.0 Å². The second kappa shape index (κ2) is 4.91. The topological polar surface area (TPSA) is 49.8 Å². The Kier molecular flexibility index (Phi) is 3.12. The van der Waals surface area contributed by atoms with E-state index in [0.717, 1.165) is 21.5 Å². The predicted octanol–water partition coefficient (Wildman–Crippen LogP) is 3.41. The van der Waals surface area contributed by atoms with E-state index in [2.05, 4.69) is 26.7 Å². The molecule has 0 aliphatic heterocycles. The molecule has 0 fully saturated rings. The lowest BCUT2D eigenvalue weighted by Crippen LogP contribution is -1.99. The lowest BCUT2D eigenvalue weighted by molar-refractivity contribution is 1.07. The van der Waals surface area contributed by atoms with Gasteiger partial charge in [0.05, 0.1) is 22.5 Å². The van der Waals surface area contributed by atoms with Gasteiger partial charge in [-0.25, -0.2) is 9.97 Å². The summed E-state index contributed by atoms with van der Waals surface area (Å²) < 4.78 is 1.20. The maximum absolute atomic E-state index is 4.52. The van der Waals surface area contributed by atoms with Crippen molar-refractivity contribution >= 4 is 43.2 Å². The van der Waals surface area contributed by atoms with Crippen molar-refractivity contribution in [3.05, 3.63) is 35.3 Å². The molecule has 3 rings (SSSR count). The molecule has 0 aliphatic carbocycles. The monoisotopic (exact) mass is 276 g/mol. The van der Waals surface area contributed by atoms with Gasteiger partial charge in [0.2, 0.25) is 0 Å². The summed E-state index contributed by atoms with van der Waals surface area (Å²) in [6.07, 6.45) is 0. The highest BCUT2D eigenvalue weighted by Gasteiger charge is 2.04. The fraction of sp³-hybridized carbons (Fsp3) is 0.167. The number of fused-ring (bicyclic) bond motifs is 1. The first-order chi connectivity index (χ1) is 8.85. The van der Waals surface area contributed by atoms with E-state index in [4.69, 9.17) is 0 Å². The van der Waals surface area contributed by atoms with Crippen LogP contribution in [0.1, 0.15) is 5.69 Å². The number of aromatic nitrogens is 2. The van der Waals surface area contributed by atoms with Crippen LogP contribution < -0.4 is 10.6 Å². The summed E-state index contributed by atoms with van der Waals surface area (Å²) in [6.45, 7) is 0.706. The van der Waals surface area contributed by atoms with Crippen LogP contribution in [0.25, 0.3) is 10.2 Å². The van der Waals surface area contributed by atoms with Crippen molar-refractivity contribution in [2.24, 2.45) is 0 Å². The van der Waals surface area contributed by atoms with E-state index in [0.29, 0.717) is 6.54 Å². The van der Waals surface area contributed by atoms with Crippen LogP contribution in [0.3, 0.4) is 0 Å². The first-order valence-electron chi connectivity index (χ1n) is 5.57. The molecule has 3 aromatic rings. The van der Waals surface area contributed by atoms with E-state index in [1.165, 1.54) is 4.70 Å². The molecule has 0 spiro atoms. The van der Waals surface area contributed by atoms with E-state index in [1.807, 2.05) is 30.6 Å². The minimum absolute atomic E-state index is 0.706. The van der Waals surface area contributed by atoms with Gasteiger partial charge in [0, 0.05) is 12.4 Å². The smallest absolute Gasteiger partial charge is 0.184 e. The van der Waals surface area contributed by atoms with Crippen molar-refractivity contribution in [2.75, 3.05) is 17.7 Å². The van der Waals surface area contributed by atoms with Crippen LogP contribution in [0.15, 0.2) is 29.6 Å². The molecular formula is C12H12N4S2. The quantitative estimate of drug-likeness (QED) is 0.766. The molecule has 2 heterocycles. The van der Waals surface area contributed by atoms with Crippen LogP contribution in [0.2, 0.25) is 0 Å². The van der Waals surface area contributed by atoms with Crippen LogP contribution in [-0.2, 0) is 6.54 Å². The van der Waals surface area contributed by atoms with Gasteiger partial charge in [-0.15, -0.1) is 11.3 Å². The van der Waals surface area contributed by atoms with E-state index < -0.39 is 0 Å². The van der Waals surface area contributed by atoms with Gasteiger partial charge in [-0.1, -0.05) is 23.5 Å². The molecule has 0 atom stereocenters. The van der Waals surface area contributed by atoms with E-state index in [9.17, 15) is 0 Å². The molecule has 2 N–H and O–H groups in total. The van der Waals surface area contributed by atoms with Gasteiger partial charge in [0.15, 0.2) is 10.3 Å². The van der Waals surface area contributed by atoms with Gasteiger partial charge >= 0.3 is 0 Å². The lowest BCUT2D eigenvalue weighted by atomic mass is 10.3. The Morgan fingerprint density at radius 2 is 2.06 bits per heavy atom. The van der Waals surface area contributed by atoms with Crippen molar-refractivity contribution < 1.29 is 0 Å². The zero-order valence-corrected chi connectivity index (χ0v) is 11.4. The molecule has 0 aliphatic rings. The number of thiazole rings is 2. The summed E-state index contributed by atoms with van der Waals surface area (Å²) in [5.41, 5.74) is 2.07. The minimum atomic E-state index is 0.706. The second-order valence-electron chi connectivity index (χ2n) is 3.73. The molecule has 0 radical (unpaired) electrons. The summed E-state index contributed by atoms with van der Waals surface area (Å²) in [5.74, 6) is 0.